The lowest BCUT2D eigenvalue weighted by atomic mass is 9.42. The Morgan fingerprint density at radius 3 is 2.71 bits per heavy atom. The molecule has 4 aliphatic carbocycles. The molecule has 1 N–H and O–H groups in total. The van der Waals surface area contributed by atoms with Crippen LogP contribution in [0.2, 0.25) is 0 Å². The molecule has 6 aliphatic rings. The molecule has 0 aromatic rings. The van der Waals surface area contributed by atoms with Crippen LogP contribution >= 0.6 is 0 Å². The van der Waals surface area contributed by atoms with E-state index in [1.165, 1.54) is 0 Å². The second-order valence-electron chi connectivity index (χ2n) is 9.04. The van der Waals surface area contributed by atoms with Crippen LogP contribution in [0.25, 0.3) is 0 Å². The normalized spacial score (nSPS) is 55.0. The fourth-order valence-corrected chi connectivity index (χ4v) is 6.97. The Kier molecular flexibility index (Phi) is 2.50. The molecule has 6 rings (SSSR count). The number of carbonyl (C=O) groups excluding carboxylic acids is 2. The van der Waals surface area contributed by atoms with Gasteiger partial charge in [-0.2, -0.15) is 0 Å². The Morgan fingerprint density at radius 2 is 2.00 bits per heavy atom. The first-order valence-electron chi connectivity index (χ1n) is 9.11. The molecule has 7 atom stereocenters. The Labute approximate surface area is 141 Å². The van der Waals surface area contributed by atoms with E-state index >= 15 is 0 Å². The fourth-order valence-electron chi connectivity index (χ4n) is 6.97. The van der Waals surface area contributed by atoms with E-state index in [9.17, 15) is 14.7 Å². The highest BCUT2D eigenvalue weighted by Gasteiger charge is 2.71. The van der Waals surface area contributed by atoms with Crippen molar-refractivity contribution >= 4 is 11.8 Å². The standard InChI is InChI=1S/C20H24O4/c1-10-11-9-20(16(10)22)7-4-13-18(2)6-5-15(24-17(18)23)19(13,3)14(20)8-12(11)21/h8,11-13,15,21H,1,4-7,9H2,2-3H3/t11-,12-,13-,15+,18-,19-,20-/m1/s1. The lowest BCUT2D eigenvalue weighted by Crippen LogP contribution is -2.66. The Balaban J connectivity index is 1.72. The number of carbonyl (C=O) groups is 2. The molecule has 2 heterocycles. The zero-order valence-corrected chi connectivity index (χ0v) is 14.3. The first kappa shape index (κ1) is 14.9. The monoisotopic (exact) mass is 328 g/mol. The molecule has 24 heavy (non-hydrogen) atoms. The number of ketones is 1. The molecule has 2 saturated heterocycles. The van der Waals surface area contributed by atoms with Crippen molar-refractivity contribution < 1.29 is 19.4 Å². The highest BCUT2D eigenvalue weighted by molar-refractivity contribution is 6.05. The Hall–Kier alpha value is -1.42. The quantitative estimate of drug-likeness (QED) is 0.422. The second-order valence-corrected chi connectivity index (χ2v) is 9.04. The van der Waals surface area contributed by atoms with Gasteiger partial charge in [-0.05, 0) is 56.1 Å². The van der Waals surface area contributed by atoms with Crippen LogP contribution in [0.4, 0.5) is 0 Å². The number of fused-ring (bicyclic) bond motifs is 3. The van der Waals surface area contributed by atoms with E-state index in [1.54, 1.807) is 0 Å². The van der Waals surface area contributed by atoms with Gasteiger partial charge in [-0.1, -0.05) is 19.6 Å². The molecule has 0 radical (unpaired) electrons. The van der Waals surface area contributed by atoms with E-state index in [0.717, 1.165) is 31.3 Å². The van der Waals surface area contributed by atoms with Crippen molar-refractivity contribution in [1.29, 1.82) is 0 Å². The van der Waals surface area contributed by atoms with Gasteiger partial charge < -0.3 is 9.84 Å². The van der Waals surface area contributed by atoms with Crippen LogP contribution in [0.15, 0.2) is 23.8 Å². The summed E-state index contributed by atoms with van der Waals surface area (Å²) in [4.78, 5) is 25.6. The number of hydrogen-bond acceptors (Lipinski definition) is 4. The van der Waals surface area contributed by atoms with Crippen molar-refractivity contribution in [2.75, 3.05) is 0 Å². The Morgan fingerprint density at radius 1 is 1.25 bits per heavy atom. The summed E-state index contributed by atoms with van der Waals surface area (Å²) in [6.07, 6.45) is 5.14. The van der Waals surface area contributed by atoms with Crippen molar-refractivity contribution in [2.24, 2.45) is 28.1 Å². The largest absolute Gasteiger partial charge is 0.461 e. The molecule has 3 saturated carbocycles. The van der Waals surface area contributed by atoms with Crippen LogP contribution in [0.3, 0.4) is 0 Å². The van der Waals surface area contributed by atoms with Gasteiger partial charge in [-0.25, -0.2) is 0 Å². The molecule has 5 fully saturated rings. The molecule has 4 heteroatoms. The molecule has 4 bridgehead atoms. The summed E-state index contributed by atoms with van der Waals surface area (Å²) < 4.78 is 5.82. The van der Waals surface area contributed by atoms with Crippen molar-refractivity contribution in [3.05, 3.63) is 23.8 Å². The van der Waals surface area contributed by atoms with E-state index in [-0.39, 0.29) is 35.1 Å². The van der Waals surface area contributed by atoms with Crippen molar-refractivity contribution in [3.8, 4) is 0 Å². The van der Waals surface area contributed by atoms with Gasteiger partial charge >= 0.3 is 5.97 Å². The van der Waals surface area contributed by atoms with Crippen molar-refractivity contribution in [2.45, 2.75) is 58.2 Å². The van der Waals surface area contributed by atoms with Gasteiger partial charge in [0.1, 0.15) is 6.10 Å². The molecule has 4 nitrogen and oxygen atoms in total. The number of ether oxygens (including phenoxy) is 1. The van der Waals surface area contributed by atoms with Crippen LogP contribution in [-0.2, 0) is 14.3 Å². The van der Waals surface area contributed by atoms with Crippen LogP contribution < -0.4 is 0 Å². The van der Waals surface area contributed by atoms with Crippen LogP contribution in [0, 0.1) is 28.1 Å². The van der Waals surface area contributed by atoms with E-state index in [4.69, 9.17) is 4.74 Å². The highest BCUT2D eigenvalue weighted by Crippen LogP contribution is 2.71. The van der Waals surface area contributed by atoms with Crippen LogP contribution in [0.1, 0.15) is 46.0 Å². The number of Topliss-reactive ketones (excluding diaryl/α,β-unsaturated/α-hetero) is 1. The maximum atomic E-state index is 13.1. The zero-order chi connectivity index (χ0) is 17.1. The minimum absolute atomic E-state index is 0.0748. The topological polar surface area (TPSA) is 63.6 Å². The third-order valence-corrected chi connectivity index (χ3v) is 8.25. The predicted molar refractivity (Wildman–Crippen MR) is 86.8 cm³/mol. The average molecular weight is 328 g/mol. The molecule has 0 aromatic heterocycles. The van der Waals surface area contributed by atoms with Crippen molar-refractivity contribution in [3.63, 3.8) is 0 Å². The van der Waals surface area contributed by atoms with Crippen LogP contribution in [-0.4, -0.2) is 29.1 Å². The van der Waals surface area contributed by atoms with E-state index in [1.807, 2.05) is 13.0 Å². The molecule has 128 valence electrons. The lowest BCUT2D eigenvalue weighted by molar-refractivity contribution is -0.223. The summed E-state index contributed by atoms with van der Waals surface area (Å²) >= 11 is 0. The van der Waals surface area contributed by atoms with Gasteiger partial charge in [-0.15, -0.1) is 0 Å². The van der Waals surface area contributed by atoms with Crippen molar-refractivity contribution in [1.82, 2.24) is 0 Å². The van der Waals surface area contributed by atoms with E-state index in [2.05, 4.69) is 13.5 Å². The first-order valence-corrected chi connectivity index (χ1v) is 9.11. The molecular weight excluding hydrogens is 304 g/mol. The van der Waals surface area contributed by atoms with Gasteiger partial charge in [0.05, 0.1) is 16.9 Å². The highest BCUT2D eigenvalue weighted by atomic mass is 16.5. The summed E-state index contributed by atoms with van der Waals surface area (Å²) in [7, 11) is 0. The number of hydrogen-bond donors (Lipinski definition) is 1. The number of esters is 1. The SMILES string of the molecule is C=C1C(=O)[C@@]23CC[C@H]4[C@](C)(C2=C[C@@H](O)[C@@H]1C3)[C@@H]1CC[C@@]4(C)C(=O)O1. The van der Waals surface area contributed by atoms with E-state index < -0.39 is 16.9 Å². The molecule has 0 aromatic carbocycles. The minimum Gasteiger partial charge on any atom is -0.461 e. The third kappa shape index (κ3) is 1.31. The third-order valence-electron chi connectivity index (χ3n) is 8.25. The summed E-state index contributed by atoms with van der Waals surface area (Å²) in [5, 5.41) is 10.6. The van der Waals surface area contributed by atoms with Gasteiger partial charge in [0.25, 0.3) is 0 Å². The molecule has 0 unspecified atom stereocenters. The number of rotatable bonds is 0. The van der Waals surface area contributed by atoms with Gasteiger partial charge in [0, 0.05) is 11.3 Å². The summed E-state index contributed by atoms with van der Waals surface area (Å²) in [5.41, 5.74) is 0.312. The second kappa shape index (κ2) is 4.04. The Bertz CT molecular complexity index is 736. The first-order chi connectivity index (χ1) is 11.2. The molecule has 2 aliphatic heterocycles. The maximum absolute atomic E-state index is 13.1. The van der Waals surface area contributed by atoms with E-state index in [0.29, 0.717) is 12.0 Å². The fraction of sp³-hybridized carbons (Fsp3) is 0.700. The molecule has 1 spiro atoms. The summed E-state index contributed by atoms with van der Waals surface area (Å²) in [6.45, 7) is 8.18. The van der Waals surface area contributed by atoms with Gasteiger partial charge in [0.15, 0.2) is 5.78 Å². The zero-order valence-electron chi connectivity index (χ0n) is 14.3. The smallest absolute Gasteiger partial charge is 0.312 e. The number of aliphatic hydroxyl groups excluding tert-OH is 1. The number of aliphatic hydroxyl groups is 1. The summed E-state index contributed by atoms with van der Waals surface area (Å²) in [5.74, 6) is 0.0923. The maximum Gasteiger partial charge on any atom is 0.312 e. The average Bonchev–Trinajstić information content (AvgIpc) is 2.75. The molecular formula is C20H24O4. The van der Waals surface area contributed by atoms with Gasteiger partial charge in [-0.3, -0.25) is 9.59 Å². The summed E-state index contributed by atoms with van der Waals surface area (Å²) in [6, 6.07) is 0. The minimum atomic E-state index is -0.647. The van der Waals surface area contributed by atoms with Gasteiger partial charge in [0.2, 0.25) is 0 Å². The lowest BCUT2D eigenvalue weighted by Gasteiger charge is -2.65. The molecule has 0 amide bonds. The predicted octanol–water partition coefficient (Wildman–Crippen LogP) is 2.56. The van der Waals surface area contributed by atoms with Crippen LogP contribution in [0.5, 0.6) is 0 Å².